The number of rotatable bonds is 3. The van der Waals surface area contributed by atoms with Crippen LogP contribution in [-0.2, 0) is 0 Å². The third-order valence-corrected chi connectivity index (χ3v) is 5.13. The smallest absolute Gasteiger partial charge is 0.141 e. The van der Waals surface area contributed by atoms with E-state index in [0.29, 0.717) is 0 Å². The number of hydrogen-bond donors (Lipinski definition) is 2. The molecule has 0 amide bonds. The Morgan fingerprint density at radius 2 is 2.04 bits per heavy atom. The first kappa shape index (κ1) is 16.7. The minimum atomic E-state index is -0.0469. The van der Waals surface area contributed by atoms with Crippen LogP contribution >= 0.6 is 0 Å². The highest BCUT2D eigenvalue weighted by atomic mass is 16.5. The topological polar surface area (TPSA) is 88.6 Å². The minimum Gasteiger partial charge on any atom is -0.496 e. The summed E-state index contributed by atoms with van der Waals surface area (Å²) < 4.78 is 16.4. The molecule has 28 heavy (non-hydrogen) atoms. The summed E-state index contributed by atoms with van der Waals surface area (Å²) in [5.41, 5.74) is 6.57. The molecule has 7 nitrogen and oxygen atoms in total. The summed E-state index contributed by atoms with van der Waals surface area (Å²) in [5, 5.41) is 8.53. The highest BCUT2D eigenvalue weighted by molar-refractivity contribution is 6.23. The Morgan fingerprint density at radius 3 is 2.71 bits per heavy atom. The molecule has 1 aliphatic heterocycles. The van der Waals surface area contributed by atoms with Gasteiger partial charge in [0.2, 0.25) is 0 Å². The van der Waals surface area contributed by atoms with Crippen molar-refractivity contribution in [3.8, 4) is 16.9 Å². The van der Waals surface area contributed by atoms with E-state index >= 15 is 0 Å². The maximum absolute atomic E-state index is 5.73. The van der Waals surface area contributed by atoms with Crippen LogP contribution < -0.4 is 10.1 Å². The zero-order valence-electron chi connectivity index (χ0n) is 16.1. The molecule has 1 aliphatic rings. The number of furan rings is 1. The fourth-order valence-corrected chi connectivity index (χ4v) is 3.93. The third kappa shape index (κ3) is 2.36. The highest BCUT2D eigenvalue weighted by Gasteiger charge is 2.26. The summed E-state index contributed by atoms with van der Waals surface area (Å²) in [6.07, 6.45) is 3.33. The second-order valence-electron chi connectivity index (χ2n) is 6.98. The normalized spacial score (nSPS) is 16.0. The number of nitrogens with one attached hydrogen (secondary N) is 2. The lowest BCUT2D eigenvalue weighted by atomic mass is 9.97. The van der Waals surface area contributed by atoms with Crippen LogP contribution in [0, 0.1) is 13.8 Å². The zero-order valence-corrected chi connectivity index (χ0v) is 16.1. The van der Waals surface area contributed by atoms with Crippen molar-refractivity contribution < 1.29 is 13.7 Å². The van der Waals surface area contributed by atoms with Crippen molar-refractivity contribution in [1.82, 2.24) is 10.1 Å². The van der Waals surface area contributed by atoms with Gasteiger partial charge in [-0.2, -0.15) is 0 Å². The maximum atomic E-state index is 5.73. The van der Waals surface area contributed by atoms with Crippen LogP contribution in [0.2, 0.25) is 0 Å². The molecule has 0 bridgehead atoms. The number of H-pyrrole nitrogens is 1. The fourth-order valence-electron chi connectivity index (χ4n) is 3.93. The Morgan fingerprint density at radius 1 is 1.18 bits per heavy atom. The van der Waals surface area contributed by atoms with Crippen LogP contribution in [0.3, 0.4) is 0 Å². The van der Waals surface area contributed by atoms with Gasteiger partial charge in [-0.05, 0) is 39.0 Å². The van der Waals surface area contributed by atoms with Crippen molar-refractivity contribution in [3.63, 3.8) is 0 Å². The molecule has 1 aromatic carbocycles. The zero-order chi connectivity index (χ0) is 19.4. The molecule has 0 saturated carbocycles. The Labute approximate surface area is 161 Å². The second kappa shape index (κ2) is 6.02. The van der Waals surface area contributed by atoms with Crippen LogP contribution in [-0.4, -0.2) is 29.1 Å². The SMILES string of the molecule is COc1cc2c3c([nH]c2cc1-c1c(C)noc1C)NC(C)N=C3c1ccoc1. The molecule has 0 aliphatic carbocycles. The summed E-state index contributed by atoms with van der Waals surface area (Å²) >= 11 is 0. The molecule has 1 atom stereocenters. The highest BCUT2D eigenvalue weighted by Crippen LogP contribution is 2.41. The molecule has 1 unspecified atom stereocenters. The molecule has 7 heteroatoms. The van der Waals surface area contributed by atoms with Crippen LogP contribution in [0.25, 0.3) is 22.0 Å². The van der Waals surface area contributed by atoms with Gasteiger partial charge in [-0.1, -0.05) is 5.16 Å². The summed E-state index contributed by atoms with van der Waals surface area (Å²) in [6.45, 7) is 5.86. The molecule has 0 spiro atoms. The monoisotopic (exact) mass is 376 g/mol. The van der Waals surface area contributed by atoms with E-state index in [2.05, 4.69) is 21.5 Å². The number of aromatic nitrogens is 2. The van der Waals surface area contributed by atoms with Gasteiger partial charge in [0, 0.05) is 22.0 Å². The number of aliphatic imine (C=N–C) groups is 1. The molecule has 0 radical (unpaired) electrons. The molecule has 4 aromatic rings. The van der Waals surface area contributed by atoms with Crippen molar-refractivity contribution in [1.29, 1.82) is 0 Å². The van der Waals surface area contributed by atoms with Crippen molar-refractivity contribution in [2.75, 3.05) is 12.4 Å². The van der Waals surface area contributed by atoms with E-state index in [4.69, 9.17) is 18.7 Å². The first-order valence-electron chi connectivity index (χ1n) is 9.11. The number of methoxy groups -OCH3 is 1. The third-order valence-electron chi connectivity index (χ3n) is 5.13. The fraction of sp³-hybridized carbons (Fsp3) is 0.238. The van der Waals surface area contributed by atoms with Gasteiger partial charge in [0.05, 0.1) is 42.2 Å². The number of aromatic amines is 1. The summed E-state index contributed by atoms with van der Waals surface area (Å²) in [5.74, 6) is 2.46. The van der Waals surface area contributed by atoms with E-state index in [0.717, 1.165) is 61.9 Å². The lowest BCUT2D eigenvalue weighted by Crippen LogP contribution is -2.23. The number of fused-ring (bicyclic) bond motifs is 3. The standard InChI is InChI=1S/C21H20N4O3/c1-10-18(11(2)28-25-10)15-7-16-14(8-17(15)26-4)19-20(13-5-6-27-9-13)22-12(3)23-21(19)24-16/h5-9,12,23-24H,1-4H3. The first-order valence-corrected chi connectivity index (χ1v) is 9.11. The van der Waals surface area contributed by atoms with Crippen molar-refractivity contribution in [2.24, 2.45) is 4.99 Å². The summed E-state index contributed by atoms with van der Waals surface area (Å²) in [4.78, 5) is 8.31. The molecule has 5 rings (SSSR count). The van der Waals surface area contributed by atoms with Gasteiger partial charge in [0.1, 0.15) is 23.5 Å². The Kier molecular flexibility index (Phi) is 3.58. The van der Waals surface area contributed by atoms with Gasteiger partial charge in [-0.15, -0.1) is 0 Å². The van der Waals surface area contributed by atoms with E-state index in [-0.39, 0.29) is 6.17 Å². The summed E-state index contributed by atoms with van der Waals surface area (Å²) in [7, 11) is 1.67. The predicted molar refractivity (Wildman–Crippen MR) is 107 cm³/mol. The number of nitrogens with zero attached hydrogens (tertiary/aromatic N) is 2. The van der Waals surface area contributed by atoms with Crippen LogP contribution in [0.1, 0.15) is 29.5 Å². The molecule has 2 N–H and O–H groups in total. The molecule has 3 aromatic heterocycles. The van der Waals surface area contributed by atoms with E-state index in [1.165, 1.54) is 0 Å². The first-order chi connectivity index (χ1) is 13.6. The van der Waals surface area contributed by atoms with Gasteiger partial charge in [-0.3, -0.25) is 4.99 Å². The van der Waals surface area contributed by atoms with E-state index in [9.17, 15) is 0 Å². The van der Waals surface area contributed by atoms with Gasteiger partial charge in [0.25, 0.3) is 0 Å². The lowest BCUT2D eigenvalue weighted by Gasteiger charge is -2.20. The largest absolute Gasteiger partial charge is 0.496 e. The number of hydrogen-bond acceptors (Lipinski definition) is 6. The van der Waals surface area contributed by atoms with Crippen molar-refractivity contribution >= 4 is 22.4 Å². The van der Waals surface area contributed by atoms with Crippen LogP contribution in [0.5, 0.6) is 5.75 Å². The maximum Gasteiger partial charge on any atom is 0.141 e. The van der Waals surface area contributed by atoms with Crippen molar-refractivity contribution in [3.05, 3.63) is 53.3 Å². The van der Waals surface area contributed by atoms with E-state index < -0.39 is 0 Å². The van der Waals surface area contributed by atoms with Gasteiger partial charge >= 0.3 is 0 Å². The number of aryl methyl sites for hydroxylation is 2. The number of ether oxygens (including phenoxy) is 1. The molecule has 142 valence electrons. The Bertz CT molecular complexity index is 1190. The van der Waals surface area contributed by atoms with E-state index in [1.54, 1.807) is 19.6 Å². The predicted octanol–water partition coefficient (Wildman–Crippen LogP) is 4.65. The molecule has 0 fully saturated rings. The Balaban J connectivity index is 1.78. The molecule has 4 heterocycles. The lowest BCUT2D eigenvalue weighted by molar-refractivity contribution is 0.393. The molecule has 0 saturated heterocycles. The van der Waals surface area contributed by atoms with E-state index in [1.807, 2.05) is 32.9 Å². The quantitative estimate of drug-likeness (QED) is 0.543. The molecular weight excluding hydrogens is 356 g/mol. The number of anilines is 1. The van der Waals surface area contributed by atoms with Crippen molar-refractivity contribution in [2.45, 2.75) is 26.9 Å². The summed E-state index contributed by atoms with van der Waals surface area (Å²) in [6, 6.07) is 6.05. The number of benzene rings is 1. The molecular formula is C21H20N4O3. The Hall–Kier alpha value is -3.48. The van der Waals surface area contributed by atoms with Gasteiger partial charge in [-0.25, -0.2) is 0 Å². The average Bonchev–Trinajstić information content (AvgIpc) is 3.39. The minimum absolute atomic E-state index is 0.0469. The van der Waals surface area contributed by atoms with Crippen LogP contribution in [0.15, 0.2) is 44.7 Å². The average molecular weight is 376 g/mol. The van der Waals surface area contributed by atoms with Gasteiger partial charge in [0.15, 0.2) is 0 Å². The van der Waals surface area contributed by atoms with Gasteiger partial charge < -0.3 is 24.0 Å². The second-order valence-corrected chi connectivity index (χ2v) is 6.98. The van der Waals surface area contributed by atoms with Crippen LogP contribution in [0.4, 0.5) is 5.82 Å².